The van der Waals surface area contributed by atoms with Crippen LogP contribution in [0.3, 0.4) is 0 Å². The van der Waals surface area contributed by atoms with Crippen molar-refractivity contribution in [1.29, 1.82) is 0 Å². The normalized spacial score (nSPS) is 22.3. The lowest BCUT2D eigenvalue weighted by Gasteiger charge is -2.32. The average Bonchev–Trinajstić information content (AvgIpc) is 3.83. The molecule has 0 unspecified atom stereocenters. The molecule has 2 aliphatic heterocycles. The number of carboxylic acid groups (broad SMARTS) is 1. The van der Waals surface area contributed by atoms with Crippen LogP contribution in [0.25, 0.3) is 11.1 Å². The van der Waals surface area contributed by atoms with Crippen molar-refractivity contribution in [2.75, 3.05) is 37.3 Å². The summed E-state index contributed by atoms with van der Waals surface area (Å²) >= 11 is 13.8. The number of pyridine rings is 1. The molecule has 4 aromatic rings. The third-order valence-corrected chi connectivity index (χ3v) is 13.0. The number of carbonyl (C=O) groups is 3. The highest BCUT2D eigenvalue weighted by Crippen LogP contribution is 2.63. The monoisotopic (exact) mass is 755 g/mol. The molecule has 276 valence electrons. The Kier molecular flexibility index (Phi) is 9.33. The van der Waals surface area contributed by atoms with Crippen molar-refractivity contribution in [3.05, 3.63) is 92.7 Å². The van der Waals surface area contributed by atoms with Gasteiger partial charge < -0.3 is 25.2 Å². The maximum absolute atomic E-state index is 13.7. The summed E-state index contributed by atoms with van der Waals surface area (Å²) in [6.07, 6.45) is 8.78. The summed E-state index contributed by atoms with van der Waals surface area (Å²) in [7, 11) is 3.94. The van der Waals surface area contributed by atoms with Gasteiger partial charge in [-0.1, -0.05) is 47.5 Å². The number of amides is 2. The van der Waals surface area contributed by atoms with E-state index >= 15 is 0 Å². The molecule has 3 N–H and O–H groups in total. The van der Waals surface area contributed by atoms with Crippen molar-refractivity contribution in [2.45, 2.75) is 64.5 Å². The van der Waals surface area contributed by atoms with Gasteiger partial charge in [-0.15, -0.1) is 0 Å². The minimum absolute atomic E-state index is 0.137. The van der Waals surface area contributed by atoms with Crippen LogP contribution in [0.1, 0.15) is 82.1 Å². The number of halogens is 2. The first kappa shape index (κ1) is 35.7. The van der Waals surface area contributed by atoms with Crippen molar-refractivity contribution < 1.29 is 19.5 Å². The summed E-state index contributed by atoms with van der Waals surface area (Å²) in [4.78, 5) is 52.7. The van der Waals surface area contributed by atoms with Gasteiger partial charge in [-0.3, -0.25) is 24.3 Å². The fourth-order valence-corrected chi connectivity index (χ4v) is 9.62. The van der Waals surface area contributed by atoms with E-state index in [9.17, 15) is 19.5 Å². The molecule has 2 aliphatic carbocycles. The smallest absolute Gasteiger partial charge is 0.309 e. The predicted molar refractivity (Wildman–Crippen MR) is 204 cm³/mol. The van der Waals surface area contributed by atoms with Gasteiger partial charge in [-0.05, 0) is 93.3 Å². The Labute approximate surface area is 318 Å². The zero-order valence-corrected chi connectivity index (χ0v) is 31.5. The second-order valence-electron chi connectivity index (χ2n) is 15.5. The zero-order valence-electron chi connectivity index (χ0n) is 30.0. The summed E-state index contributed by atoms with van der Waals surface area (Å²) in [5, 5.41) is 16.3. The van der Waals surface area contributed by atoms with Crippen LogP contribution in [0.5, 0.6) is 0 Å². The van der Waals surface area contributed by atoms with E-state index in [1.54, 1.807) is 30.5 Å². The first-order valence-electron chi connectivity index (χ1n) is 18.3. The summed E-state index contributed by atoms with van der Waals surface area (Å²) in [6, 6.07) is 12.5. The van der Waals surface area contributed by atoms with Gasteiger partial charge in [0.05, 0.1) is 32.5 Å². The zero-order chi connectivity index (χ0) is 37.1. The Morgan fingerprint density at radius 3 is 2.21 bits per heavy atom. The van der Waals surface area contributed by atoms with Crippen molar-refractivity contribution >= 4 is 52.4 Å². The fourth-order valence-electron chi connectivity index (χ4n) is 9.07. The number of likely N-dealkylation sites (N-methyl/N-ethyl adjacent to an activating group) is 1. The molecule has 2 aromatic carbocycles. The molecule has 4 heterocycles. The first-order valence-corrected chi connectivity index (χ1v) is 19.1. The molecule has 0 spiro atoms. The second kappa shape index (κ2) is 13.8. The van der Waals surface area contributed by atoms with Gasteiger partial charge in [0.15, 0.2) is 5.82 Å². The van der Waals surface area contributed by atoms with Crippen LogP contribution >= 0.6 is 23.2 Å². The van der Waals surface area contributed by atoms with Gasteiger partial charge in [-0.2, -0.15) is 0 Å². The van der Waals surface area contributed by atoms with Crippen LogP contribution in [0, 0.1) is 10.8 Å². The van der Waals surface area contributed by atoms with E-state index in [1.165, 1.54) is 0 Å². The average molecular weight is 757 g/mol. The van der Waals surface area contributed by atoms with E-state index in [0.717, 1.165) is 100 Å². The number of aliphatic carboxylic acids is 1. The van der Waals surface area contributed by atoms with Gasteiger partial charge in [0, 0.05) is 62.7 Å². The highest BCUT2D eigenvalue weighted by molar-refractivity contribution is 6.40. The number of aromatic nitrogens is 3. The van der Waals surface area contributed by atoms with E-state index in [-0.39, 0.29) is 17.2 Å². The molecule has 0 saturated heterocycles. The van der Waals surface area contributed by atoms with Gasteiger partial charge >= 0.3 is 5.97 Å². The Hall–Kier alpha value is -4.29. The molecule has 0 atom stereocenters. The number of carbonyl (C=O) groups excluding carboxylic acids is 2. The van der Waals surface area contributed by atoms with E-state index in [0.29, 0.717) is 50.6 Å². The lowest BCUT2D eigenvalue weighted by atomic mass is 9.80. The maximum Gasteiger partial charge on any atom is 0.309 e. The van der Waals surface area contributed by atoms with E-state index in [1.807, 2.05) is 29.8 Å². The molecule has 8 rings (SSSR count). The molecular formula is C40H43Cl2N7O4. The fraction of sp³-hybridized carbons (Fsp3) is 0.425. The molecule has 0 radical (unpaired) electrons. The molecular weight excluding hydrogens is 713 g/mol. The number of nitrogens with zero attached hydrogens (tertiary/aromatic N) is 5. The SMILES string of the molecule is CN1CCc2cc(C(=O)Nc3cccc(-c4cccc(NC(=O)c5nc6c(n5C)CCN(CCC57CCC(C(=O)O)(CC5)C7)C6)c4Cl)c3Cl)ncc2C1. The van der Waals surface area contributed by atoms with E-state index in [2.05, 4.69) is 32.5 Å². The van der Waals surface area contributed by atoms with Crippen molar-refractivity contribution in [1.82, 2.24) is 24.3 Å². The number of carboxylic acids is 1. The number of hydrogen-bond donors (Lipinski definition) is 3. The molecule has 2 saturated carbocycles. The standard InChI is InChI=1S/C40H43Cl2N7O4/c1-47-16-9-24-19-30(43-20-25(24)21-47)36(50)45-28-7-3-5-26(33(28)41)27-6-4-8-29(34(27)42)46-37(51)35-44-31-22-49(17-10-32(31)48(35)2)18-15-39-11-13-40(23-39,14-12-39)38(52)53/h3-8,19-20H,9-18,21-23H2,1-2H3,(H,45,50)(H,46,51)(H,52,53). The van der Waals surface area contributed by atoms with Crippen LogP contribution in [-0.2, 0) is 37.8 Å². The van der Waals surface area contributed by atoms with Gasteiger partial charge in [0.25, 0.3) is 11.8 Å². The van der Waals surface area contributed by atoms with E-state index < -0.39 is 11.4 Å². The highest BCUT2D eigenvalue weighted by Gasteiger charge is 2.57. The Morgan fingerprint density at radius 1 is 0.868 bits per heavy atom. The Morgan fingerprint density at radius 2 is 1.55 bits per heavy atom. The lowest BCUT2D eigenvalue weighted by Crippen LogP contribution is -2.34. The topological polar surface area (TPSA) is 133 Å². The van der Waals surface area contributed by atoms with E-state index in [4.69, 9.17) is 28.2 Å². The predicted octanol–water partition coefficient (Wildman–Crippen LogP) is 7.06. The van der Waals surface area contributed by atoms with Crippen LogP contribution in [0.4, 0.5) is 11.4 Å². The van der Waals surface area contributed by atoms with Crippen molar-refractivity contribution in [3.8, 4) is 11.1 Å². The molecule has 2 fully saturated rings. The summed E-state index contributed by atoms with van der Waals surface area (Å²) < 4.78 is 1.87. The van der Waals surface area contributed by atoms with Crippen LogP contribution < -0.4 is 10.6 Å². The van der Waals surface area contributed by atoms with Crippen LogP contribution in [-0.4, -0.2) is 73.9 Å². The maximum atomic E-state index is 13.7. The summed E-state index contributed by atoms with van der Waals surface area (Å²) in [5.74, 6) is -1.05. The Bertz CT molecular complexity index is 2140. The Balaban J connectivity index is 0.942. The number of anilines is 2. The first-order chi connectivity index (χ1) is 25.4. The number of benzene rings is 2. The minimum Gasteiger partial charge on any atom is -0.481 e. The van der Waals surface area contributed by atoms with Crippen molar-refractivity contribution in [3.63, 3.8) is 0 Å². The third-order valence-electron chi connectivity index (χ3n) is 12.2. The molecule has 11 nitrogen and oxygen atoms in total. The summed E-state index contributed by atoms with van der Waals surface area (Å²) in [5.41, 5.74) is 6.17. The quantitative estimate of drug-likeness (QED) is 0.165. The molecule has 2 bridgehead atoms. The van der Waals surface area contributed by atoms with Crippen LogP contribution in [0.15, 0.2) is 48.7 Å². The van der Waals surface area contributed by atoms with Crippen molar-refractivity contribution in [2.24, 2.45) is 17.9 Å². The number of imidazole rings is 1. The van der Waals surface area contributed by atoms with Gasteiger partial charge in [0.1, 0.15) is 5.69 Å². The second-order valence-corrected chi connectivity index (χ2v) is 16.3. The number of fused-ring (bicyclic) bond motifs is 4. The third kappa shape index (κ3) is 6.62. The molecule has 4 aliphatic rings. The molecule has 2 amide bonds. The molecule has 2 aromatic heterocycles. The minimum atomic E-state index is -0.627. The molecule has 13 heteroatoms. The molecule has 53 heavy (non-hydrogen) atoms. The van der Waals surface area contributed by atoms with Crippen LogP contribution in [0.2, 0.25) is 10.0 Å². The number of rotatable bonds is 9. The number of hydrogen-bond acceptors (Lipinski definition) is 7. The largest absolute Gasteiger partial charge is 0.481 e. The van der Waals surface area contributed by atoms with Gasteiger partial charge in [0.2, 0.25) is 0 Å². The van der Waals surface area contributed by atoms with Gasteiger partial charge in [-0.25, -0.2) is 4.98 Å². The highest BCUT2D eigenvalue weighted by atomic mass is 35.5. The summed E-state index contributed by atoms with van der Waals surface area (Å²) in [6.45, 7) is 4.14. The lowest BCUT2D eigenvalue weighted by molar-refractivity contribution is -0.148. The number of nitrogens with one attached hydrogen (secondary N) is 2.